The molecular weight excluding hydrogens is 329 g/mol. The lowest BCUT2D eigenvalue weighted by molar-refractivity contribution is -0.122. The molecule has 2 fully saturated rings. The third-order valence-corrected chi connectivity index (χ3v) is 6.62. The Labute approximate surface area is 155 Å². The Kier molecular flexibility index (Phi) is 5.16. The SMILES string of the molecule is Cc1ccc(F)c2c1NC(C(=O)N[C@@H]1CCC[C@H](C3CCNCC3)C1)C2. The molecule has 5 heteroatoms. The molecule has 0 spiro atoms. The van der Waals surface area contributed by atoms with Gasteiger partial charge in [0.25, 0.3) is 0 Å². The molecular formula is C21H30FN3O. The molecule has 1 saturated carbocycles. The van der Waals surface area contributed by atoms with E-state index in [0.717, 1.165) is 49.0 Å². The molecule has 1 aromatic carbocycles. The van der Waals surface area contributed by atoms with Gasteiger partial charge in [-0.3, -0.25) is 4.79 Å². The van der Waals surface area contributed by atoms with Crippen LogP contribution in [-0.4, -0.2) is 31.1 Å². The zero-order valence-electron chi connectivity index (χ0n) is 15.6. The maximum Gasteiger partial charge on any atom is 0.243 e. The lowest BCUT2D eigenvalue weighted by Crippen LogP contribution is -2.46. The highest BCUT2D eigenvalue weighted by molar-refractivity contribution is 5.88. The average molecular weight is 359 g/mol. The number of fused-ring (bicyclic) bond motifs is 1. The summed E-state index contributed by atoms with van der Waals surface area (Å²) in [7, 11) is 0. The van der Waals surface area contributed by atoms with Gasteiger partial charge in [0.05, 0.1) is 0 Å². The van der Waals surface area contributed by atoms with Gasteiger partial charge in [0.15, 0.2) is 0 Å². The highest BCUT2D eigenvalue weighted by Crippen LogP contribution is 2.35. The number of rotatable bonds is 3. The molecule has 0 radical (unpaired) electrons. The van der Waals surface area contributed by atoms with Crippen molar-refractivity contribution in [2.24, 2.45) is 11.8 Å². The molecule has 2 heterocycles. The lowest BCUT2D eigenvalue weighted by Gasteiger charge is -2.37. The number of benzene rings is 1. The zero-order chi connectivity index (χ0) is 18.1. The van der Waals surface area contributed by atoms with E-state index >= 15 is 0 Å². The number of halogens is 1. The molecule has 142 valence electrons. The van der Waals surface area contributed by atoms with Gasteiger partial charge in [-0.1, -0.05) is 18.9 Å². The molecule has 3 atom stereocenters. The van der Waals surface area contributed by atoms with E-state index in [4.69, 9.17) is 0 Å². The first-order valence-corrected chi connectivity index (χ1v) is 10.2. The minimum absolute atomic E-state index is 0.0240. The molecule has 1 aliphatic carbocycles. The molecule has 0 bridgehead atoms. The minimum Gasteiger partial charge on any atom is -0.373 e. The quantitative estimate of drug-likeness (QED) is 0.777. The normalized spacial score (nSPS) is 29.1. The second-order valence-electron chi connectivity index (χ2n) is 8.34. The summed E-state index contributed by atoms with van der Waals surface area (Å²) in [5.41, 5.74) is 2.46. The Bertz CT molecular complexity index is 640. The Hall–Kier alpha value is -1.62. The minimum atomic E-state index is -0.347. The molecule has 1 amide bonds. The molecule has 1 unspecified atom stereocenters. The average Bonchev–Trinajstić information content (AvgIpc) is 3.13. The predicted octanol–water partition coefficient (Wildman–Crippen LogP) is 3.15. The largest absolute Gasteiger partial charge is 0.373 e. The number of aryl methyl sites for hydroxylation is 1. The smallest absolute Gasteiger partial charge is 0.243 e. The highest BCUT2D eigenvalue weighted by atomic mass is 19.1. The standard InChI is InChI=1S/C21H30FN3O/c1-13-5-6-18(22)17-12-19(25-20(13)17)21(26)24-16-4-2-3-15(11-16)14-7-9-23-10-8-14/h5-6,14-16,19,23,25H,2-4,7-12H2,1H3,(H,24,26)/t15-,16+,19?/m0/s1. The number of piperidine rings is 1. The van der Waals surface area contributed by atoms with Crippen LogP contribution in [0.1, 0.15) is 49.7 Å². The predicted molar refractivity (Wildman–Crippen MR) is 102 cm³/mol. The van der Waals surface area contributed by atoms with Crippen LogP contribution in [0.4, 0.5) is 10.1 Å². The summed E-state index contributed by atoms with van der Waals surface area (Å²) < 4.78 is 14.0. The van der Waals surface area contributed by atoms with Crippen LogP contribution in [0.5, 0.6) is 0 Å². The van der Waals surface area contributed by atoms with Crippen molar-refractivity contribution in [2.75, 3.05) is 18.4 Å². The van der Waals surface area contributed by atoms with E-state index in [0.29, 0.717) is 12.0 Å². The van der Waals surface area contributed by atoms with Crippen LogP contribution in [0, 0.1) is 24.6 Å². The van der Waals surface area contributed by atoms with Crippen LogP contribution in [0.25, 0.3) is 0 Å². The Morgan fingerprint density at radius 3 is 2.73 bits per heavy atom. The summed E-state index contributed by atoms with van der Waals surface area (Å²) in [6.45, 7) is 4.22. The van der Waals surface area contributed by atoms with Crippen molar-refractivity contribution >= 4 is 11.6 Å². The second kappa shape index (κ2) is 7.55. The molecule has 4 nitrogen and oxygen atoms in total. The van der Waals surface area contributed by atoms with E-state index < -0.39 is 0 Å². The van der Waals surface area contributed by atoms with E-state index in [1.54, 1.807) is 6.07 Å². The Balaban J connectivity index is 1.35. The summed E-state index contributed by atoms with van der Waals surface area (Å²) in [5.74, 6) is 1.36. The van der Waals surface area contributed by atoms with Crippen molar-refractivity contribution in [3.63, 3.8) is 0 Å². The first-order valence-electron chi connectivity index (χ1n) is 10.2. The van der Waals surface area contributed by atoms with E-state index in [9.17, 15) is 9.18 Å². The van der Waals surface area contributed by atoms with Crippen LogP contribution in [0.15, 0.2) is 12.1 Å². The van der Waals surface area contributed by atoms with E-state index in [-0.39, 0.29) is 23.8 Å². The fourth-order valence-electron chi connectivity index (χ4n) is 5.13. The van der Waals surface area contributed by atoms with Crippen molar-refractivity contribution in [3.8, 4) is 0 Å². The van der Waals surface area contributed by atoms with Gasteiger partial charge in [-0.05, 0) is 69.2 Å². The molecule has 1 saturated heterocycles. The maximum atomic E-state index is 14.0. The van der Waals surface area contributed by atoms with Gasteiger partial charge in [-0.25, -0.2) is 4.39 Å². The molecule has 1 aromatic rings. The van der Waals surface area contributed by atoms with Crippen LogP contribution >= 0.6 is 0 Å². The second-order valence-corrected chi connectivity index (χ2v) is 8.34. The number of hydrogen-bond donors (Lipinski definition) is 3. The third-order valence-electron chi connectivity index (χ3n) is 6.62. The van der Waals surface area contributed by atoms with E-state index in [1.807, 2.05) is 6.92 Å². The van der Waals surface area contributed by atoms with Gasteiger partial charge in [0.1, 0.15) is 11.9 Å². The molecule has 4 rings (SSSR count). The summed E-state index contributed by atoms with van der Waals surface area (Å²) in [4.78, 5) is 12.8. The van der Waals surface area contributed by atoms with Crippen LogP contribution < -0.4 is 16.0 Å². The maximum absolute atomic E-state index is 14.0. The third kappa shape index (κ3) is 3.59. The first kappa shape index (κ1) is 17.8. The number of carbonyl (C=O) groups excluding carboxylic acids is 1. The topological polar surface area (TPSA) is 53.2 Å². The highest BCUT2D eigenvalue weighted by Gasteiger charge is 2.34. The van der Waals surface area contributed by atoms with Crippen LogP contribution in [-0.2, 0) is 11.2 Å². The van der Waals surface area contributed by atoms with Crippen molar-refractivity contribution in [2.45, 2.75) is 64.0 Å². The molecule has 2 aliphatic heterocycles. The number of nitrogens with one attached hydrogen (secondary N) is 3. The van der Waals surface area contributed by atoms with Crippen molar-refractivity contribution in [1.82, 2.24) is 10.6 Å². The monoisotopic (exact) mass is 359 g/mol. The van der Waals surface area contributed by atoms with Gasteiger partial charge in [0, 0.05) is 23.7 Å². The summed E-state index contributed by atoms with van der Waals surface area (Å²) in [6, 6.07) is 3.19. The van der Waals surface area contributed by atoms with Crippen molar-refractivity contribution in [1.29, 1.82) is 0 Å². The molecule has 3 aliphatic rings. The fourth-order valence-corrected chi connectivity index (χ4v) is 5.13. The molecule has 3 N–H and O–H groups in total. The van der Waals surface area contributed by atoms with Crippen LogP contribution in [0.3, 0.4) is 0 Å². The van der Waals surface area contributed by atoms with Gasteiger partial charge in [0.2, 0.25) is 5.91 Å². The fraction of sp³-hybridized carbons (Fsp3) is 0.667. The van der Waals surface area contributed by atoms with Gasteiger partial charge in [-0.2, -0.15) is 0 Å². The van der Waals surface area contributed by atoms with Gasteiger partial charge >= 0.3 is 0 Å². The van der Waals surface area contributed by atoms with Crippen molar-refractivity contribution < 1.29 is 9.18 Å². The number of amides is 1. The molecule has 0 aromatic heterocycles. The Morgan fingerprint density at radius 2 is 1.96 bits per heavy atom. The first-order chi connectivity index (χ1) is 12.6. The molecule has 26 heavy (non-hydrogen) atoms. The van der Waals surface area contributed by atoms with Crippen LogP contribution in [0.2, 0.25) is 0 Å². The summed E-state index contributed by atoms with van der Waals surface area (Å²) in [5, 5.41) is 9.95. The Morgan fingerprint density at radius 1 is 1.15 bits per heavy atom. The lowest BCUT2D eigenvalue weighted by atomic mass is 9.74. The number of hydrogen-bond acceptors (Lipinski definition) is 3. The number of anilines is 1. The van der Waals surface area contributed by atoms with Gasteiger partial charge < -0.3 is 16.0 Å². The van der Waals surface area contributed by atoms with E-state index in [2.05, 4.69) is 16.0 Å². The van der Waals surface area contributed by atoms with Crippen molar-refractivity contribution in [3.05, 3.63) is 29.1 Å². The van der Waals surface area contributed by atoms with Gasteiger partial charge in [-0.15, -0.1) is 0 Å². The zero-order valence-corrected chi connectivity index (χ0v) is 15.6. The number of carbonyl (C=O) groups is 1. The van der Waals surface area contributed by atoms with E-state index in [1.165, 1.54) is 31.7 Å². The summed E-state index contributed by atoms with van der Waals surface area (Å²) >= 11 is 0. The summed E-state index contributed by atoms with van der Waals surface area (Å²) in [6.07, 6.45) is 7.65.